The zero-order chi connectivity index (χ0) is 21.6. The predicted octanol–water partition coefficient (Wildman–Crippen LogP) is 6.06. The molecule has 1 unspecified atom stereocenters. The number of benzene rings is 1. The highest BCUT2D eigenvalue weighted by molar-refractivity contribution is 5.60. The Morgan fingerprint density at radius 3 is 2.43 bits per heavy atom. The molecule has 1 aromatic heterocycles. The van der Waals surface area contributed by atoms with Gasteiger partial charge in [-0.05, 0) is 64.1 Å². The van der Waals surface area contributed by atoms with Gasteiger partial charge in [-0.3, -0.25) is 0 Å². The lowest BCUT2D eigenvalue weighted by Crippen LogP contribution is -2.22. The number of alkyl halides is 3. The number of pyridine rings is 1. The van der Waals surface area contributed by atoms with E-state index < -0.39 is 18.0 Å². The van der Waals surface area contributed by atoms with Gasteiger partial charge in [0.1, 0.15) is 0 Å². The fourth-order valence-corrected chi connectivity index (χ4v) is 4.11. The summed E-state index contributed by atoms with van der Waals surface area (Å²) in [6.45, 7) is 3.77. The molecule has 1 atom stereocenters. The maximum absolute atomic E-state index is 13.6. The molecule has 30 heavy (non-hydrogen) atoms. The molecule has 1 saturated carbocycles. The summed E-state index contributed by atoms with van der Waals surface area (Å²) in [7, 11) is 0. The quantitative estimate of drug-likeness (QED) is 0.485. The minimum absolute atomic E-state index is 0.141. The lowest BCUT2D eigenvalue weighted by molar-refractivity contribution is -0.142. The van der Waals surface area contributed by atoms with E-state index in [0.717, 1.165) is 31.0 Å². The van der Waals surface area contributed by atoms with Crippen molar-refractivity contribution in [3.63, 3.8) is 0 Å². The van der Waals surface area contributed by atoms with Crippen LogP contribution in [0.25, 0.3) is 11.3 Å². The highest BCUT2D eigenvalue weighted by Gasteiger charge is 2.37. The summed E-state index contributed by atoms with van der Waals surface area (Å²) in [5, 5.41) is 13.9. The Bertz CT molecular complexity index is 799. The molecule has 6 heteroatoms. The molecule has 3 rings (SSSR count). The van der Waals surface area contributed by atoms with E-state index in [-0.39, 0.29) is 11.3 Å². The van der Waals surface area contributed by atoms with Crippen molar-refractivity contribution in [3.8, 4) is 11.3 Å². The number of halogens is 3. The number of aryl methyl sites for hydroxylation is 1. The average molecular weight is 421 g/mol. The fourth-order valence-electron chi connectivity index (χ4n) is 4.11. The molecule has 1 aliphatic rings. The molecule has 0 radical (unpaired) electrons. The minimum Gasteiger partial charge on any atom is -0.388 e. The average Bonchev–Trinajstić information content (AvgIpc) is 3.23. The van der Waals surface area contributed by atoms with Crippen molar-refractivity contribution in [2.75, 3.05) is 13.1 Å². The first-order valence-corrected chi connectivity index (χ1v) is 10.9. The van der Waals surface area contributed by atoms with Crippen LogP contribution in [0.15, 0.2) is 36.4 Å². The smallest absolute Gasteiger partial charge is 0.388 e. The van der Waals surface area contributed by atoms with Crippen LogP contribution < -0.4 is 5.32 Å². The predicted molar refractivity (Wildman–Crippen MR) is 113 cm³/mol. The molecule has 0 spiro atoms. The molecule has 0 bridgehead atoms. The van der Waals surface area contributed by atoms with E-state index in [4.69, 9.17) is 0 Å². The number of aliphatic hydroxyl groups excluding tert-OH is 1. The normalized spacial score (nSPS) is 16.2. The third kappa shape index (κ3) is 6.29. The molecule has 1 aromatic carbocycles. The first kappa shape index (κ1) is 22.8. The van der Waals surface area contributed by atoms with Gasteiger partial charge in [-0.15, -0.1) is 0 Å². The van der Waals surface area contributed by atoms with Gasteiger partial charge in [0.25, 0.3) is 0 Å². The monoisotopic (exact) mass is 420 g/mol. The molecule has 0 aliphatic heterocycles. The Hall–Kier alpha value is -1.92. The Morgan fingerprint density at radius 1 is 1.07 bits per heavy atom. The van der Waals surface area contributed by atoms with Crippen molar-refractivity contribution in [1.82, 2.24) is 10.3 Å². The Labute approximate surface area is 176 Å². The number of unbranched alkanes of at least 4 members (excludes halogenated alkanes) is 1. The van der Waals surface area contributed by atoms with Crippen LogP contribution in [0.1, 0.15) is 67.9 Å². The van der Waals surface area contributed by atoms with Crippen LogP contribution in [0, 0.1) is 12.8 Å². The van der Waals surface area contributed by atoms with Gasteiger partial charge in [-0.25, -0.2) is 4.98 Å². The van der Waals surface area contributed by atoms with Crippen LogP contribution in [0.5, 0.6) is 0 Å². The van der Waals surface area contributed by atoms with E-state index in [2.05, 4.69) is 10.3 Å². The van der Waals surface area contributed by atoms with Crippen molar-refractivity contribution in [2.45, 2.75) is 64.1 Å². The van der Waals surface area contributed by atoms with Gasteiger partial charge >= 0.3 is 6.18 Å². The van der Waals surface area contributed by atoms with E-state index >= 15 is 0 Å². The van der Waals surface area contributed by atoms with Crippen LogP contribution in [0.2, 0.25) is 0 Å². The SMILES string of the molecule is Cc1ccc(-c2ccc(C(O)CCCCNCC3CCCC3)c(C(F)(F)F)n2)cc1. The first-order valence-electron chi connectivity index (χ1n) is 10.9. The number of hydrogen-bond acceptors (Lipinski definition) is 3. The zero-order valence-electron chi connectivity index (χ0n) is 17.5. The summed E-state index contributed by atoms with van der Waals surface area (Å²) in [4.78, 5) is 3.87. The van der Waals surface area contributed by atoms with Gasteiger partial charge in [0.05, 0.1) is 11.8 Å². The van der Waals surface area contributed by atoms with Crippen LogP contribution >= 0.6 is 0 Å². The topological polar surface area (TPSA) is 45.1 Å². The molecule has 0 saturated heterocycles. The Kier molecular flexibility index (Phi) is 7.89. The standard InChI is InChI=1S/C24H31F3N2O/c1-17-9-11-19(12-10-17)21-14-13-20(23(29-21)24(25,26)27)22(30)8-4-5-15-28-16-18-6-2-3-7-18/h9-14,18,22,28,30H,2-8,15-16H2,1H3. The number of nitrogens with one attached hydrogen (secondary N) is 1. The van der Waals surface area contributed by atoms with Crippen molar-refractivity contribution in [3.05, 3.63) is 53.2 Å². The number of aliphatic hydroxyl groups is 1. The maximum atomic E-state index is 13.6. The van der Waals surface area contributed by atoms with Crippen molar-refractivity contribution in [1.29, 1.82) is 0 Å². The third-order valence-corrected chi connectivity index (χ3v) is 5.89. The van der Waals surface area contributed by atoms with Gasteiger partial charge in [-0.1, -0.05) is 48.7 Å². The number of aromatic nitrogens is 1. The van der Waals surface area contributed by atoms with Crippen molar-refractivity contribution < 1.29 is 18.3 Å². The van der Waals surface area contributed by atoms with Gasteiger partial charge < -0.3 is 10.4 Å². The highest BCUT2D eigenvalue weighted by Crippen LogP contribution is 2.36. The second-order valence-corrected chi connectivity index (χ2v) is 8.36. The number of rotatable bonds is 9. The van der Waals surface area contributed by atoms with E-state index in [0.29, 0.717) is 18.4 Å². The summed E-state index contributed by atoms with van der Waals surface area (Å²) in [6.07, 6.45) is 1.22. The number of nitrogens with zero attached hydrogens (tertiary/aromatic N) is 1. The van der Waals surface area contributed by atoms with Crippen LogP contribution in [-0.2, 0) is 6.18 Å². The highest BCUT2D eigenvalue weighted by atomic mass is 19.4. The molecule has 0 amide bonds. The molecular formula is C24H31F3N2O. The Morgan fingerprint density at radius 2 is 1.77 bits per heavy atom. The van der Waals surface area contributed by atoms with Crippen molar-refractivity contribution in [2.24, 2.45) is 5.92 Å². The van der Waals surface area contributed by atoms with Gasteiger partial charge in [0.2, 0.25) is 0 Å². The van der Waals surface area contributed by atoms with Crippen LogP contribution in [0.3, 0.4) is 0 Å². The van der Waals surface area contributed by atoms with Crippen LogP contribution in [-0.4, -0.2) is 23.2 Å². The molecule has 2 aromatic rings. The summed E-state index contributed by atoms with van der Waals surface area (Å²) >= 11 is 0. The van der Waals surface area contributed by atoms with E-state index in [1.54, 1.807) is 18.2 Å². The minimum atomic E-state index is -4.61. The van der Waals surface area contributed by atoms with E-state index in [1.807, 2.05) is 19.1 Å². The molecule has 1 fully saturated rings. The molecule has 1 heterocycles. The van der Waals surface area contributed by atoms with E-state index in [9.17, 15) is 18.3 Å². The van der Waals surface area contributed by atoms with Crippen LogP contribution in [0.4, 0.5) is 13.2 Å². The Balaban J connectivity index is 1.58. The molecule has 3 nitrogen and oxygen atoms in total. The van der Waals surface area contributed by atoms with Gasteiger partial charge in [-0.2, -0.15) is 13.2 Å². The summed E-state index contributed by atoms with van der Waals surface area (Å²) in [6, 6.07) is 10.1. The van der Waals surface area contributed by atoms with Gasteiger partial charge in [0.15, 0.2) is 5.69 Å². The largest absolute Gasteiger partial charge is 0.433 e. The summed E-state index contributed by atoms with van der Waals surface area (Å²) in [5.41, 5.74) is 0.777. The maximum Gasteiger partial charge on any atom is 0.433 e. The molecule has 2 N–H and O–H groups in total. The summed E-state index contributed by atoms with van der Waals surface area (Å²) < 4.78 is 40.9. The van der Waals surface area contributed by atoms with Crippen molar-refractivity contribution >= 4 is 0 Å². The second kappa shape index (κ2) is 10.4. The van der Waals surface area contributed by atoms with Gasteiger partial charge in [0, 0.05) is 11.1 Å². The lowest BCUT2D eigenvalue weighted by Gasteiger charge is -2.18. The second-order valence-electron chi connectivity index (χ2n) is 8.36. The first-order chi connectivity index (χ1) is 14.3. The molecule has 164 valence electrons. The fraction of sp³-hybridized carbons (Fsp3) is 0.542. The lowest BCUT2D eigenvalue weighted by atomic mass is 10.00. The molecular weight excluding hydrogens is 389 g/mol. The number of hydrogen-bond donors (Lipinski definition) is 2. The molecule has 1 aliphatic carbocycles. The summed E-state index contributed by atoms with van der Waals surface area (Å²) in [5.74, 6) is 0.767. The third-order valence-electron chi connectivity index (χ3n) is 5.89. The van der Waals surface area contributed by atoms with E-state index in [1.165, 1.54) is 31.7 Å². The zero-order valence-corrected chi connectivity index (χ0v) is 17.5.